The number of rotatable bonds is 6. The smallest absolute Gasteiger partial charge is 0.312 e. The molecule has 0 amide bonds. The minimum Gasteiger partial charge on any atom is -0.312 e. The lowest BCUT2D eigenvalue weighted by Crippen LogP contribution is -1.99. The zero-order valence-electron chi connectivity index (χ0n) is 10.5. The normalized spacial score (nSPS) is 9.47. The molecule has 0 aromatic heterocycles. The van der Waals surface area contributed by atoms with Gasteiger partial charge in [-0.1, -0.05) is 32.6 Å². The van der Waals surface area contributed by atoms with E-state index < -0.39 is 5.97 Å². The Bertz CT molecular complexity index is 135. The van der Waals surface area contributed by atoms with Gasteiger partial charge in [0.05, 0.1) is 0 Å². The quantitative estimate of drug-likeness (QED) is 0.424. The van der Waals surface area contributed by atoms with Gasteiger partial charge >= 0.3 is 5.97 Å². The fourth-order valence-electron chi connectivity index (χ4n) is 0.919. The summed E-state index contributed by atoms with van der Waals surface area (Å²) in [7, 11) is 6.00. The third kappa shape index (κ3) is 24.7. The summed E-state index contributed by atoms with van der Waals surface area (Å²) in [6.07, 6.45) is 5.77. The van der Waals surface area contributed by atoms with Gasteiger partial charge in [0.2, 0.25) is 0 Å². The van der Waals surface area contributed by atoms with Crippen LogP contribution < -0.4 is 0 Å². The molecule has 0 aliphatic carbocycles. The van der Waals surface area contributed by atoms with Crippen LogP contribution in [0.25, 0.3) is 0 Å². The first-order valence-corrected chi connectivity index (χ1v) is 5.49. The van der Waals surface area contributed by atoms with Crippen LogP contribution in [0, 0.1) is 0 Å². The Labute approximate surface area is 93.2 Å². The highest BCUT2D eigenvalue weighted by Gasteiger charge is 1.99. The zero-order chi connectivity index (χ0) is 12.1. The van der Waals surface area contributed by atoms with Crippen molar-refractivity contribution in [2.24, 2.45) is 0 Å². The Morgan fingerprint density at radius 3 is 2.00 bits per heavy atom. The minimum absolute atomic E-state index is 0.334. The summed E-state index contributed by atoms with van der Waals surface area (Å²) in [6, 6.07) is 0. The van der Waals surface area contributed by atoms with E-state index in [2.05, 4.69) is 11.8 Å². The first kappa shape index (κ1) is 16.8. The number of carbonyl (C=O) groups excluding carboxylic acids is 1. The first-order chi connectivity index (χ1) is 7.04. The lowest BCUT2D eigenvalue weighted by atomic mass is 10.1. The molecular formula is C11H25NO3. The second-order valence-electron chi connectivity index (χ2n) is 3.97. The third-order valence-electron chi connectivity index (χ3n) is 1.59. The lowest BCUT2D eigenvalue weighted by Gasteiger charge is -1.96. The van der Waals surface area contributed by atoms with Crippen molar-refractivity contribution in [2.45, 2.75) is 45.4 Å². The summed E-state index contributed by atoms with van der Waals surface area (Å²) in [5, 5.41) is 7.89. The van der Waals surface area contributed by atoms with Crippen molar-refractivity contribution in [3.05, 3.63) is 0 Å². The Morgan fingerprint density at radius 1 is 1.13 bits per heavy atom. The fraction of sp³-hybridized carbons (Fsp3) is 0.909. The number of nitrogens with zero attached hydrogens (tertiary/aromatic N) is 1. The fourth-order valence-corrected chi connectivity index (χ4v) is 0.919. The molecule has 92 valence electrons. The predicted octanol–water partition coefficient (Wildman–Crippen LogP) is 2.54. The molecule has 0 heterocycles. The Kier molecular flexibility index (Phi) is 15.0. The molecule has 0 atom stereocenters. The average molecular weight is 219 g/mol. The Hall–Kier alpha value is -0.610. The minimum atomic E-state index is -0.526. The molecular weight excluding hydrogens is 194 g/mol. The summed E-state index contributed by atoms with van der Waals surface area (Å²) >= 11 is 0. The molecule has 0 aromatic carbocycles. The van der Waals surface area contributed by atoms with Crippen LogP contribution in [0.2, 0.25) is 0 Å². The van der Waals surface area contributed by atoms with Gasteiger partial charge in [-0.2, -0.15) is 5.26 Å². The van der Waals surface area contributed by atoms with Crippen molar-refractivity contribution in [2.75, 3.05) is 21.1 Å². The lowest BCUT2D eigenvalue weighted by molar-refractivity contribution is -0.234. The number of hydrogen-bond donors (Lipinski definition) is 1. The second kappa shape index (κ2) is 13.4. The van der Waals surface area contributed by atoms with Gasteiger partial charge in [0.25, 0.3) is 0 Å². The molecule has 0 fully saturated rings. The Morgan fingerprint density at radius 2 is 1.60 bits per heavy atom. The van der Waals surface area contributed by atoms with Crippen molar-refractivity contribution >= 4 is 5.97 Å². The van der Waals surface area contributed by atoms with E-state index in [9.17, 15) is 4.79 Å². The molecule has 0 unspecified atom stereocenters. The largest absolute Gasteiger partial charge is 0.342 e. The molecule has 0 aliphatic heterocycles. The van der Waals surface area contributed by atoms with Gasteiger partial charge in [0.15, 0.2) is 0 Å². The summed E-state index contributed by atoms with van der Waals surface area (Å²) in [6.45, 7) is 2.14. The molecule has 0 rings (SSSR count). The second-order valence-corrected chi connectivity index (χ2v) is 3.97. The third-order valence-corrected chi connectivity index (χ3v) is 1.59. The highest BCUT2D eigenvalue weighted by atomic mass is 17.1. The van der Waals surface area contributed by atoms with Crippen LogP contribution in [-0.2, 0) is 9.68 Å². The van der Waals surface area contributed by atoms with Crippen molar-refractivity contribution in [3.63, 3.8) is 0 Å². The molecule has 0 aromatic rings. The molecule has 0 aliphatic rings. The van der Waals surface area contributed by atoms with Crippen LogP contribution in [0.4, 0.5) is 0 Å². The maximum atomic E-state index is 10.4. The van der Waals surface area contributed by atoms with E-state index in [4.69, 9.17) is 5.26 Å². The first-order valence-electron chi connectivity index (χ1n) is 5.49. The summed E-state index contributed by atoms with van der Waals surface area (Å²) in [5.74, 6) is -0.526. The number of carbonyl (C=O) groups is 1. The summed E-state index contributed by atoms with van der Waals surface area (Å²) < 4.78 is 0. The maximum absolute atomic E-state index is 10.4. The number of unbranched alkanes of at least 4 members (excludes halogenated alkanes) is 4. The van der Waals surface area contributed by atoms with Crippen LogP contribution in [0.15, 0.2) is 0 Å². The average Bonchev–Trinajstić information content (AvgIpc) is 2.16. The van der Waals surface area contributed by atoms with Gasteiger partial charge in [0.1, 0.15) is 0 Å². The van der Waals surface area contributed by atoms with Gasteiger partial charge < -0.3 is 9.79 Å². The van der Waals surface area contributed by atoms with Crippen molar-refractivity contribution in [1.29, 1.82) is 0 Å². The molecule has 4 heteroatoms. The topological polar surface area (TPSA) is 49.8 Å². The van der Waals surface area contributed by atoms with E-state index in [0.717, 1.165) is 19.3 Å². The van der Waals surface area contributed by atoms with Gasteiger partial charge in [-0.3, -0.25) is 0 Å². The Balaban J connectivity index is 0. The standard InChI is InChI=1S/C8H16O3.C3H9N/c1-2-3-4-5-6-7-8(9)11-10;1-4(2)3/h10H,2-7H2,1H3;1-3H3. The number of hydrogen-bond acceptors (Lipinski definition) is 4. The molecule has 15 heavy (non-hydrogen) atoms. The zero-order valence-corrected chi connectivity index (χ0v) is 10.5. The molecule has 0 saturated heterocycles. The summed E-state index contributed by atoms with van der Waals surface area (Å²) in [5.41, 5.74) is 0. The van der Waals surface area contributed by atoms with Crippen molar-refractivity contribution < 1.29 is 14.9 Å². The molecule has 4 nitrogen and oxygen atoms in total. The summed E-state index contributed by atoms with van der Waals surface area (Å²) in [4.78, 5) is 15.9. The van der Waals surface area contributed by atoms with Crippen molar-refractivity contribution in [1.82, 2.24) is 4.90 Å². The SMILES string of the molecule is CCCCCCCC(=O)OO.CN(C)C. The highest BCUT2D eigenvalue weighted by Crippen LogP contribution is 2.04. The molecule has 0 bridgehead atoms. The molecule has 0 radical (unpaired) electrons. The molecule has 0 spiro atoms. The van der Waals surface area contributed by atoms with Crippen LogP contribution >= 0.6 is 0 Å². The van der Waals surface area contributed by atoms with Gasteiger partial charge in [-0.05, 0) is 27.6 Å². The van der Waals surface area contributed by atoms with E-state index in [1.54, 1.807) is 0 Å². The van der Waals surface area contributed by atoms with Crippen molar-refractivity contribution in [3.8, 4) is 0 Å². The van der Waals surface area contributed by atoms with Crippen LogP contribution in [0.1, 0.15) is 45.4 Å². The van der Waals surface area contributed by atoms with E-state index in [0.29, 0.717) is 6.42 Å². The van der Waals surface area contributed by atoms with Gasteiger partial charge in [-0.25, -0.2) is 4.79 Å². The van der Waals surface area contributed by atoms with Crippen LogP contribution in [-0.4, -0.2) is 37.3 Å². The van der Waals surface area contributed by atoms with E-state index in [1.165, 1.54) is 12.8 Å². The van der Waals surface area contributed by atoms with Crippen LogP contribution in [0.5, 0.6) is 0 Å². The maximum Gasteiger partial charge on any atom is 0.342 e. The van der Waals surface area contributed by atoms with Gasteiger partial charge in [-0.15, -0.1) is 0 Å². The monoisotopic (exact) mass is 219 g/mol. The van der Waals surface area contributed by atoms with E-state index in [-0.39, 0.29) is 0 Å². The van der Waals surface area contributed by atoms with Crippen LogP contribution in [0.3, 0.4) is 0 Å². The van der Waals surface area contributed by atoms with Gasteiger partial charge in [0, 0.05) is 6.42 Å². The van der Waals surface area contributed by atoms with E-state index in [1.807, 2.05) is 26.0 Å². The predicted molar refractivity (Wildman–Crippen MR) is 61.7 cm³/mol. The van der Waals surface area contributed by atoms with E-state index >= 15 is 0 Å². The highest BCUT2D eigenvalue weighted by molar-refractivity contribution is 5.68. The molecule has 0 saturated carbocycles. The molecule has 1 N–H and O–H groups in total.